The van der Waals surface area contributed by atoms with Crippen LogP contribution in [-0.2, 0) is 19.0 Å². The van der Waals surface area contributed by atoms with Crippen LogP contribution in [0.4, 0.5) is 0 Å². The normalized spacial score (nSPS) is 31.7. The summed E-state index contributed by atoms with van der Waals surface area (Å²) in [5.41, 5.74) is -0.924. The third kappa shape index (κ3) is 3.39. The van der Waals surface area contributed by atoms with Gasteiger partial charge < -0.3 is 19.3 Å². The number of aromatic nitrogens is 2. The van der Waals surface area contributed by atoms with Crippen LogP contribution in [0.5, 0.6) is 0 Å². The van der Waals surface area contributed by atoms with Crippen LogP contribution in [0.25, 0.3) is 0 Å². The molecule has 0 radical (unpaired) electrons. The maximum atomic E-state index is 13.1. The van der Waals surface area contributed by atoms with Crippen molar-refractivity contribution < 1.29 is 24.1 Å². The summed E-state index contributed by atoms with van der Waals surface area (Å²) in [4.78, 5) is 39.2. The van der Waals surface area contributed by atoms with Gasteiger partial charge in [-0.15, -0.1) is 0 Å². The van der Waals surface area contributed by atoms with E-state index >= 15 is 0 Å². The van der Waals surface area contributed by atoms with E-state index in [4.69, 9.17) is 14.2 Å². The molecule has 2 N–H and O–H groups in total. The molecule has 0 amide bonds. The fourth-order valence-corrected chi connectivity index (χ4v) is 3.75. The number of H-pyrrole nitrogens is 1. The van der Waals surface area contributed by atoms with E-state index in [1.54, 1.807) is 6.92 Å². The number of Topliss-reactive ketones (excluding diaryl/α,β-unsaturated/α-hetero) is 1. The molecule has 1 unspecified atom stereocenters. The van der Waals surface area contributed by atoms with E-state index in [9.17, 15) is 19.5 Å². The predicted molar refractivity (Wildman–Crippen MR) is 90.2 cm³/mol. The number of rotatable bonds is 6. The van der Waals surface area contributed by atoms with Crippen LogP contribution in [0.1, 0.15) is 24.4 Å². The summed E-state index contributed by atoms with van der Waals surface area (Å²) in [5.74, 6) is -1.09. The lowest BCUT2D eigenvalue weighted by atomic mass is 9.95. The molecule has 26 heavy (non-hydrogen) atoms. The van der Waals surface area contributed by atoms with Gasteiger partial charge in [0.2, 0.25) is 0 Å². The molecule has 1 aliphatic heterocycles. The fraction of sp³-hybridized carbons (Fsp3) is 0.706. The van der Waals surface area contributed by atoms with Crippen LogP contribution in [0.3, 0.4) is 0 Å². The highest BCUT2D eigenvalue weighted by Gasteiger charge is 2.55. The highest BCUT2D eigenvalue weighted by Crippen LogP contribution is 2.39. The first kappa shape index (κ1) is 19.0. The third-order valence-corrected chi connectivity index (χ3v) is 5.04. The minimum atomic E-state index is -1.11. The second-order valence-electron chi connectivity index (χ2n) is 6.72. The smallest absolute Gasteiger partial charge is 0.329 e. The summed E-state index contributed by atoms with van der Waals surface area (Å²) in [6, 6.07) is -1.03. The molecule has 2 aliphatic rings. The van der Waals surface area contributed by atoms with E-state index in [2.05, 4.69) is 4.98 Å². The van der Waals surface area contributed by atoms with E-state index in [0.29, 0.717) is 18.6 Å². The first-order chi connectivity index (χ1) is 12.5. The monoisotopic (exact) mass is 368 g/mol. The van der Waals surface area contributed by atoms with Crippen molar-refractivity contribution in [3.63, 3.8) is 0 Å². The van der Waals surface area contributed by atoms with E-state index in [0.717, 1.165) is 11.0 Å². The average molecular weight is 368 g/mol. The lowest BCUT2D eigenvalue weighted by Crippen LogP contribution is -2.41. The maximum Gasteiger partial charge on any atom is 0.329 e. The van der Waals surface area contributed by atoms with E-state index in [1.165, 1.54) is 13.3 Å². The van der Waals surface area contributed by atoms with Gasteiger partial charge in [-0.05, 0) is 19.8 Å². The number of aryl methyl sites for hydroxylation is 1. The molecule has 0 spiro atoms. The van der Waals surface area contributed by atoms with Gasteiger partial charge in [0.15, 0.2) is 5.78 Å². The molecule has 2 fully saturated rings. The Morgan fingerprint density at radius 1 is 1.35 bits per heavy atom. The summed E-state index contributed by atoms with van der Waals surface area (Å²) in [6.45, 7) is 2.54. The molecule has 1 aromatic heterocycles. The molecule has 144 valence electrons. The number of nitrogens with zero attached hydrogens (tertiary/aromatic N) is 1. The number of aliphatic hydroxyl groups excluding tert-OH is 1. The Morgan fingerprint density at radius 3 is 2.77 bits per heavy atom. The SMILES string of the molecule is COCCO[C@H]1[C@H](O)[C@H](C2CCCO2)C(=O)[C@@H]1n1cc(C)c(=O)[nH]c1=O. The largest absolute Gasteiger partial charge is 0.389 e. The zero-order valence-corrected chi connectivity index (χ0v) is 14.8. The Labute approximate surface area is 149 Å². The second kappa shape index (κ2) is 7.83. The van der Waals surface area contributed by atoms with Gasteiger partial charge in [-0.25, -0.2) is 4.79 Å². The quantitative estimate of drug-likeness (QED) is 0.628. The van der Waals surface area contributed by atoms with Gasteiger partial charge >= 0.3 is 5.69 Å². The fourth-order valence-electron chi connectivity index (χ4n) is 3.75. The summed E-state index contributed by atoms with van der Waals surface area (Å²) >= 11 is 0. The molecule has 9 nitrogen and oxygen atoms in total. The van der Waals surface area contributed by atoms with Gasteiger partial charge in [-0.1, -0.05) is 0 Å². The van der Waals surface area contributed by atoms with Gasteiger partial charge in [0.25, 0.3) is 5.56 Å². The Bertz CT molecular complexity index is 765. The van der Waals surface area contributed by atoms with E-state index in [-0.39, 0.29) is 19.0 Å². The molecule has 1 saturated heterocycles. The maximum absolute atomic E-state index is 13.1. The zero-order chi connectivity index (χ0) is 18.8. The Hall–Kier alpha value is -1.81. The Balaban J connectivity index is 1.98. The van der Waals surface area contributed by atoms with Crippen LogP contribution in [0.2, 0.25) is 0 Å². The molecule has 0 aromatic carbocycles. The molecule has 2 heterocycles. The Morgan fingerprint density at radius 2 is 2.12 bits per heavy atom. The zero-order valence-electron chi connectivity index (χ0n) is 14.8. The number of aromatic amines is 1. The van der Waals surface area contributed by atoms with Crippen LogP contribution in [0, 0.1) is 12.8 Å². The summed E-state index contributed by atoms with van der Waals surface area (Å²) in [7, 11) is 1.52. The van der Waals surface area contributed by atoms with Crippen molar-refractivity contribution in [3.05, 3.63) is 32.6 Å². The lowest BCUT2D eigenvalue weighted by molar-refractivity contribution is -0.128. The van der Waals surface area contributed by atoms with Gasteiger partial charge in [-0.2, -0.15) is 0 Å². The number of carbonyl (C=O) groups excluding carboxylic acids is 1. The first-order valence-corrected chi connectivity index (χ1v) is 8.71. The number of hydrogen-bond acceptors (Lipinski definition) is 7. The number of nitrogens with one attached hydrogen (secondary N) is 1. The molecule has 3 rings (SSSR count). The molecule has 1 aromatic rings. The molecule has 1 aliphatic carbocycles. The summed E-state index contributed by atoms with van der Waals surface area (Å²) in [6.07, 6.45) is 0.404. The standard InChI is InChI=1S/C17H24N2O7/c1-9-8-19(17(23)18-16(9)22)12-13(20)11(10-4-3-5-25-10)14(21)15(12)26-7-6-24-2/h8,10-12,14-15,21H,3-7H2,1-2H3,(H,18,22,23)/t10?,11-,12+,14-,15-/m1/s1. The molecular weight excluding hydrogens is 344 g/mol. The van der Waals surface area contributed by atoms with Crippen molar-refractivity contribution in [2.45, 2.75) is 44.1 Å². The van der Waals surface area contributed by atoms with Crippen molar-refractivity contribution >= 4 is 5.78 Å². The summed E-state index contributed by atoms with van der Waals surface area (Å²) in [5, 5.41) is 10.8. The van der Waals surface area contributed by atoms with Crippen molar-refractivity contribution in [3.8, 4) is 0 Å². The van der Waals surface area contributed by atoms with Gasteiger partial charge in [-0.3, -0.25) is 19.1 Å². The molecule has 9 heteroatoms. The van der Waals surface area contributed by atoms with Gasteiger partial charge in [0, 0.05) is 25.5 Å². The first-order valence-electron chi connectivity index (χ1n) is 8.71. The number of methoxy groups -OCH3 is 1. The molecular formula is C17H24N2O7. The molecule has 1 saturated carbocycles. The highest BCUT2D eigenvalue weighted by molar-refractivity contribution is 5.89. The van der Waals surface area contributed by atoms with E-state index < -0.39 is 41.5 Å². The minimum Gasteiger partial charge on any atom is -0.389 e. The van der Waals surface area contributed by atoms with Crippen molar-refractivity contribution in [2.24, 2.45) is 5.92 Å². The van der Waals surface area contributed by atoms with Crippen molar-refractivity contribution in [1.29, 1.82) is 0 Å². The van der Waals surface area contributed by atoms with E-state index in [1.807, 2.05) is 0 Å². The number of aliphatic hydroxyl groups is 1. The Kier molecular flexibility index (Phi) is 5.71. The topological polar surface area (TPSA) is 120 Å². The van der Waals surface area contributed by atoms with Gasteiger partial charge in [0.05, 0.1) is 31.3 Å². The number of hydrogen-bond donors (Lipinski definition) is 2. The summed E-state index contributed by atoms with van der Waals surface area (Å²) < 4.78 is 17.4. The lowest BCUT2D eigenvalue weighted by Gasteiger charge is -2.24. The predicted octanol–water partition coefficient (Wildman–Crippen LogP) is -0.843. The van der Waals surface area contributed by atoms with Crippen molar-refractivity contribution in [1.82, 2.24) is 9.55 Å². The average Bonchev–Trinajstić information content (AvgIpc) is 3.19. The molecule has 5 atom stereocenters. The minimum absolute atomic E-state index is 0.164. The third-order valence-electron chi connectivity index (χ3n) is 5.04. The van der Waals surface area contributed by atoms with Crippen LogP contribution in [0.15, 0.2) is 15.8 Å². The van der Waals surface area contributed by atoms with Crippen LogP contribution >= 0.6 is 0 Å². The number of carbonyl (C=O) groups is 1. The number of ether oxygens (including phenoxy) is 3. The highest BCUT2D eigenvalue weighted by atomic mass is 16.5. The second-order valence-corrected chi connectivity index (χ2v) is 6.72. The van der Waals surface area contributed by atoms with Crippen molar-refractivity contribution in [2.75, 3.05) is 26.9 Å². The van der Waals surface area contributed by atoms with Crippen LogP contribution in [-0.4, -0.2) is 65.7 Å². The number of ketones is 1. The van der Waals surface area contributed by atoms with Gasteiger partial charge in [0.1, 0.15) is 12.1 Å². The van der Waals surface area contributed by atoms with Crippen LogP contribution < -0.4 is 11.2 Å². The molecule has 0 bridgehead atoms.